The number of aromatic nitrogens is 1. The summed E-state index contributed by atoms with van der Waals surface area (Å²) in [5, 5.41) is 0. The zero-order chi connectivity index (χ0) is 13.0. The van der Waals surface area contributed by atoms with Gasteiger partial charge in [0.15, 0.2) is 0 Å². The molecule has 0 saturated carbocycles. The minimum Gasteiger partial charge on any atom is -0.474 e. The van der Waals surface area contributed by atoms with Crippen molar-refractivity contribution in [2.75, 3.05) is 27.3 Å². The number of nitrogens with zero attached hydrogens (tertiary/aromatic N) is 2. The smallest absolute Gasteiger partial charge is 0.253 e. The van der Waals surface area contributed by atoms with Gasteiger partial charge >= 0.3 is 0 Å². The second kappa shape index (κ2) is 5.82. The number of hydrogen-bond donors (Lipinski definition) is 0. The topological polar surface area (TPSA) is 51.7 Å². The normalized spacial score (nSPS) is 16.3. The lowest BCUT2D eigenvalue weighted by Gasteiger charge is -2.22. The summed E-state index contributed by atoms with van der Waals surface area (Å²) in [5.41, 5.74) is 0.594. The lowest BCUT2D eigenvalue weighted by atomic mass is 10.1. The van der Waals surface area contributed by atoms with Crippen LogP contribution in [0.2, 0.25) is 0 Å². The molecule has 2 heterocycles. The molecule has 5 heteroatoms. The Morgan fingerprint density at radius 3 is 2.83 bits per heavy atom. The van der Waals surface area contributed by atoms with Crippen molar-refractivity contribution in [3.8, 4) is 5.88 Å². The molecule has 0 spiro atoms. The Kier molecular flexibility index (Phi) is 4.15. The van der Waals surface area contributed by atoms with E-state index in [4.69, 9.17) is 9.47 Å². The van der Waals surface area contributed by atoms with Gasteiger partial charge in [0.25, 0.3) is 5.91 Å². The first-order valence-corrected chi connectivity index (χ1v) is 6.09. The minimum atomic E-state index is -0.0470. The first kappa shape index (κ1) is 12.8. The fourth-order valence-electron chi connectivity index (χ4n) is 1.83. The predicted molar refractivity (Wildman–Crippen MR) is 66.7 cm³/mol. The summed E-state index contributed by atoms with van der Waals surface area (Å²) >= 11 is 0. The van der Waals surface area contributed by atoms with E-state index in [2.05, 4.69) is 4.98 Å². The number of carbonyl (C=O) groups is 1. The second-order valence-electron chi connectivity index (χ2n) is 4.51. The van der Waals surface area contributed by atoms with Gasteiger partial charge in [-0.1, -0.05) is 0 Å². The first-order chi connectivity index (χ1) is 8.66. The van der Waals surface area contributed by atoms with Crippen molar-refractivity contribution < 1.29 is 14.3 Å². The fourth-order valence-corrected chi connectivity index (χ4v) is 1.83. The van der Waals surface area contributed by atoms with Crippen molar-refractivity contribution in [2.45, 2.75) is 18.9 Å². The molecule has 1 saturated heterocycles. The Morgan fingerprint density at radius 1 is 1.44 bits per heavy atom. The first-order valence-electron chi connectivity index (χ1n) is 6.09. The average molecular weight is 250 g/mol. The maximum atomic E-state index is 11.8. The van der Waals surface area contributed by atoms with Crippen LogP contribution in [0.1, 0.15) is 23.2 Å². The maximum absolute atomic E-state index is 11.8. The summed E-state index contributed by atoms with van der Waals surface area (Å²) in [4.78, 5) is 17.5. The highest BCUT2D eigenvalue weighted by Crippen LogP contribution is 2.17. The summed E-state index contributed by atoms with van der Waals surface area (Å²) < 4.78 is 11.0. The monoisotopic (exact) mass is 250 g/mol. The quantitative estimate of drug-likeness (QED) is 0.812. The van der Waals surface area contributed by atoms with Crippen LogP contribution in [0, 0.1) is 0 Å². The molecule has 98 valence electrons. The third kappa shape index (κ3) is 3.20. The van der Waals surface area contributed by atoms with Gasteiger partial charge in [-0.25, -0.2) is 4.98 Å². The maximum Gasteiger partial charge on any atom is 0.253 e. The van der Waals surface area contributed by atoms with Gasteiger partial charge in [-0.2, -0.15) is 0 Å². The second-order valence-corrected chi connectivity index (χ2v) is 4.51. The van der Waals surface area contributed by atoms with E-state index in [1.165, 1.54) is 4.90 Å². The van der Waals surface area contributed by atoms with Crippen LogP contribution < -0.4 is 4.74 Å². The van der Waals surface area contributed by atoms with Crippen molar-refractivity contribution >= 4 is 5.91 Å². The van der Waals surface area contributed by atoms with E-state index in [-0.39, 0.29) is 12.0 Å². The van der Waals surface area contributed by atoms with Gasteiger partial charge in [0.1, 0.15) is 6.10 Å². The van der Waals surface area contributed by atoms with Gasteiger partial charge < -0.3 is 14.4 Å². The van der Waals surface area contributed by atoms with Gasteiger partial charge in [-0.3, -0.25) is 4.79 Å². The van der Waals surface area contributed by atoms with Crippen LogP contribution in [0.15, 0.2) is 18.3 Å². The molecule has 1 aliphatic rings. The largest absolute Gasteiger partial charge is 0.474 e. The lowest BCUT2D eigenvalue weighted by molar-refractivity contribution is 0.0236. The van der Waals surface area contributed by atoms with E-state index >= 15 is 0 Å². The third-order valence-corrected chi connectivity index (χ3v) is 2.84. The van der Waals surface area contributed by atoms with Crippen LogP contribution in [0.4, 0.5) is 0 Å². The summed E-state index contributed by atoms with van der Waals surface area (Å²) in [6.45, 7) is 1.45. The fraction of sp³-hybridized carbons (Fsp3) is 0.538. The van der Waals surface area contributed by atoms with Gasteiger partial charge in [0.2, 0.25) is 5.88 Å². The van der Waals surface area contributed by atoms with Crippen LogP contribution >= 0.6 is 0 Å². The van der Waals surface area contributed by atoms with Crippen LogP contribution in [-0.4, -0.2) is 49.2 Å². The molecule has 5 nitrogen and oxygen atoms in total. The van der Waals surface area contributed by atoms with Gasteiger partial charge in [0.05, 0.1) is 13.2 Å². The Hall–Kier alpha value is -1.62. The average Bonchev–Trinajstić information content (AvgIpc) is 2.39. The SMILES string of the molecule is CN(C)C(=O)c1ccnc(OC2CCOCC2)c1. The number of rotatable bonds is 3. The lowest BCUT2D eigenvalue weighted by Crippen LogP contribution is -2.26. The molecule has 0 aliphatic carbocycles. The number of pyridine rings is 1. The summed E-state index contributed by atoms with van der Waals surface area (Å²) in [7, 11) is 3.45. The van der Waals surface area contributed by atoms with E-state index in [9.17, 15) is 4.79 Å². The molecule has 1 aliphatic heterocycles. The summed E-state index contributed by atoms with van der Waals surface area (Å²) in [5.74, 6) is 0.462. The molecule has 0 bridgehead atoms. The van der Waals surface area contributed by atoms with E-state index in [1.807, 2.05) is 0 Å². The Morgan fingerprint density at radius 2 is 2.17 bits per heavy atom. The molecule has 1 amide bonds. The van der Waals surface area contributed by atoms with Gasteiger partial charge in [-0.15, -0.1) is 0 Å². The molecular weight excluding hydrogens is 232 g/mol. The third-order valence-electron chi connectivity index (χ3n) is 2.84. The molecule has 1 fully saturated rings. The highest BCUT2D eigenvalue weighted by atomic mass is 16.5. The zero-order valence-corrected chi connectivity index (χ0v) is 10.8. The zero-order valence-electron chi connectivity index (χ0n) is 10.8. The van der Waals surface area contributed by atoms with E-state index in [0.29, 0.717) is 11.4 Å². The molecule has 0 radical (unpaired) electrons. The number of ether oxygens (including phenoxy) is 2. The molecule has 1 aromatic rings. The summed E-state index contributed by atoms with van der Waals surface area (Å²) in [6, 6.07) is 3.39. The molecule has 2 rings (SSSR count). The Balaban J connectivity index is 2.04. The number of hydrogen-bond acceptors (Lipinski definition) is 4. The van der Waals surface area contributed by atoms with Crippen LogP contribution in [-0.2, 0) is 4.74 Å². The van der Waals surface area contributed by atoms with E-state index < -0.39 is 0 Å². The highest BCUT2D eigenvalue weighted by molar-refractivity contribution is 5.94. The number of carbonyl (C=O) groups excluding carboxylic acids is 1. The van der Waals surface area contributed by atoms with Crippen molar-refractivity contribution in [2.24, 2.45) is 0 Å². The molecule has 18 heavy (non-hydrogen) atoms. The van der Waals surface area contributed by atoms with E-state index in [1.54, 1.807) is 32.4 Å². The minimum absolute atomic E-state index is 0.0470. The summed E-state index contributed by atoms with van der Waals surface area (Å²) in [6.07, 6.45) is 3.47. The van der Waals surface area contributed by atoms with Crippen molar-refractivity contribution in [3.05, 3.63) is 23.9 Å². The molecule has 0 unspecified atom stereocenters. The molecule has 0 atom stereocenters. The van der Waals surface area contributed by atoms with Crippen molar-refractivity contribution in [1.82, 2.24) is 9.88 Å². The number of amides is 1. The molecule has 0 N–H and O–H groups in total. The molecule has 1 aromatic heterocycles. The van der Waals surface area contributed by atoms with Crippen molar-refractivity contribution in [1.29, 1.82) is 0 Å². The van der Waals surface area contributed by atoms with E-state index in [0.717, 1.165) is 26.1 Å². The Bertz CT molecular complexity index is 414. The molecular formula is C13H18N2O3. The highest BCUT2D eigenvalue weighted by Gasteiger charge is 2.17. The Labute approximate surface area is 107 Å². The van der Waals surface area contributed by atoms with Crippen LogP contribution in [0.25, 0.3) is 0 Å². The van der Waals surface area contributed by atoms with Crippen LogP contribution in [0.5, 0.6) is 5.88 Å². The van der Waals surface area contributed by atoms with Gasteiger partial charge in [-0.05, 0) is 6.07 Å². The predicted octanol–water partition coefficient (Wildman–Crippen LogP) is 1.34. The van der Waals surface area contributed by atoms with Crippen molar-refractivity contribution in [3.63, 3.8) is 0 Å². The molecule has 0 aromatic carbocycles. The standard InChI is InChI=1S/C13H18N2O3/c1-15(2)13(16)10-3-6-14-12(9-10)18-11-4-7-17-8-5-11/h3,6,9,11H,4-5,7-8H2,1-2H3. The van der Waals surface area contributed by atoms with Crippen LogP contribution in [0.3, 0.4) is 0 Å². The van der Waals surface area contributed by atoms with Gasteiger partial charge in [0, 0.05) is 44.8 Å².